The van der Waals surface area contributed by atoms with E-state index in [2.05, 4.69) is 29.8 Å². The molecular weight excluding hydrogens is 336 g/mol. The van der Waals surface area contributed by atoms with Crippen molar-refractivity contribution in [3.05, 3.63) is 29.3 Å². The third kappa shape index (κ3) is 4.18. The van der Waals surface area contributed by atoms with Gasteiger partial charge in [-0.2, -0.15) is 0 Å². The first-order chi connectivity index (χ1) is 10.0. The molecular formula is C17H24BrF2N. The Balaban J connectivity index is 2.30. The van der Waals surface area contributed by atoms with E-state index in [0.717, 1.165) is 38.6 Å². The van der Waals surface area contributed by atoms with Gasteiger partial charge in [0.15, 0.2) is 0 Å². The van der Waals surface area contributed by atoms with E-state index in [1.807, 2.05) is 4.90 Å². The molecule has 1 fully saturated rings. The predicted octanol–water partition coefficient (Wildman–Crippen LogP) is 5.65. The van der Waals surface area contributed by atoms with Crippen molar-refractivity contribution in [1.29, 1.82) is 0 Å². The maximum absolute atomic E-state index is 14.4. The van der Waals surface area contributed by atoms with Crippen LogP contribution in [0.25, 0.3) is 0 Å². The number of nitrogens with zero attached hydrogens (tertiary/aromatic N) is 1. The molecule has 1 aromatic rings. The topological polar surface area (TPSA) is 3.24 Å². The Kier molecular flexibility index (Phi) is 6.03. The van der Waals surface area contributed by atoms with Crippen molar-refractivity contribution in [3.63, 3.8) is 0 Å². The fraction of sp³-hybridized carbons (Fsp3) is 0.647. The largest absolute Gasteiger partial charge is 0.364 e. The molecule has 0 aliphatic heterocycles. The van der Waals surface area contributed by atoms with Gasteiger partial charge in [0.05, 0.1) is 0 Å². The number of hydrogen-bond donors (Lipinski definition) is 0. The molecule has 0 saturated heterocycles. The van der Waals surface area contributed by atoms with Crippen LogP contribution in [0.1, 0.15) is 51.5 Å². The van der Waals surface area contributed by atoms with Gasteiger partial charge in [0.2, 0.25) is 0 Å². The van der Waals surface area contributed by atoms with Gasteiger partial charge in [-0.3, -0.25) is 0 Å². The van der Waals surface area contributed by atoms with Crippen LogP contribution < -0.4 is 4.90 Å². The Hall–Kier alpha value is -0.640. The van der Waals surface area contributed by atoms with Crippen molar-refractivity contribution in [2.24, 2.45) is 5.92 Å². The molecule has 0 spiro atoms. The Morgan fingerprint density at radius 2 is 1.76 bits per heavy atom. The molecule has 0 amide bonds. The fourth-order valence-electron chi connectivity index (χ4n) is 3.06. The van der Waals surface area contributed by atoms with Crippen LogP contribution in [0.5, 0.6) is 0 Å². The summed E-state index contributed by atoms with van der Waals surface area (Å²) in [4.78, 5) is 1.98. The van der Waals surface area contributed by atoms with Crippen molar-refractivity contribution in [2.45, 2.75) is 57.3 Å². The molecule has 0 aromatic heterocycles. The first-order valence-corrected chi connectivity index (χ1v) is 8.95. The normalized spacial score (nSPS) is 15.9. The summed E-state index contributed by atoms with van der Waals surface area (Å²) in [6.45, 7) is 5.02. The highest BCUT2D eigenvalue weighted by Gasteiger charge is 2.27. The minimum absolute atomic E-state index is 0.173. The molecule has 1 aliphatic rings. The lowest BCUT2D eigenvalue weighted by Gasteiger charge is -2.32. The van der Waals surface area contributed by atoms with Crippen LogP contribution in [0.15, 0.2) is 12.1 Å². The highest BCUT2D eigenvalue weighted by molar-refractivity contribution is 9.08. The first kappa shape index (κ1) is 16.7. The van der Waals surface area contributed by atoms with Crippen molar-refractivity contribution in [3.8, 4) is 0 Å². The van der Waals surface area contributed by atoms with Crippen molar-refractivity contribution in [2.75, 3.05) is 11.4 Å². The first-order valence-electron chi connectivity index (χ1n) is 7.83. The van der Waals surface area contributed by atoms with Crippen LogP contribution >= 0.6 is 15.9 Å². The van der Waals surface area contributed by atoms with Crippen LogP contribution in [0.3, 0.4) is 0 Å². The van der Waals surface area contributed by atoms with Gasteiger partial charge in [-0.05, 0) is 42.9 Å². The highest BCUT2D eigenvalue weighted by Crippen LogP contribution is 2.33. The van der Waals surface area contributed by atoms with E-state index in [9.17, 15) is 8.78 Å². The van der Waals surface area contributed by atoms with Crippen LogP contribution in [0, 0.1) is 17.6 Å². The third-order valence-corrected chi connectivity index (χ3v) is 4.88. The lowest BCUT2D eigenvalue weighted by Crippen LogP contribution is -2.36. The van der Waals surface area contributed by atoms with Crippen LogP contribution in [0.4, 0.5) is 14.5 Å². The van der Waals surface area contributed by atoms with Crippen LogP contribution in [0.2, 0.25) is 0 Å². The summed E-state index contributed by atoms with van der Waals surface area (Å²) in [5, 5.41) is 0.469. The summed E-state index contributed by atoms with van der Waals surface area (Å²) in [5.74, 6) is -0.331. The zero-order valence-electron chi connectivity index (χ0n) is 12.8. The molecule has 21 heavy (non-hydrogen) atoms. The molecule has 4 heteroatoms. The smallest absolute Gasteiger partial charge is 0.149 e. The fourth-order valence-corrected chi connectivity index (χ4v) is 3.38. The molecule has 1 aromatic carbocycles. The maximum Gasteiger partial charge on any atom is 0.149 e. The molecule has 1 nitrogen and oxygen atoms in total. The second-order valence-corrected chi connectivity index (χ2v) is 6.92. The highest BCUT2D eigenvalue weighted by atomic mass is 79.9. The molecule has 0 radical (unpaired) electrons. The summed E-state index contributed by atoms with van der Waals surface area (Å²) in [6.07, 6.45) is 5.35. The Morgan fingerprint density at radius 3 is 2.24 bits per heavy atom. The maximum atomic E-state index is 14.4. The van der Waals surface area contributed by atoms with E-state index in [0.29, 0.717) is 16.8 Å². The molecule has 0 unspecified atom stereocenters. The van der Waals surface area contributed by atoms with Gasteiger partial charge >= 0.3 is 0 Å². The number of anilines is 1. The monoisotopic (exact) mass is 359 g/mol. The van der Waals surface area contributed by atoms with Crippen LogP contribution in [-0.2, 0) is 5.33 Å². The van der Waals surface area contributed by atoms with Gasteiger partial charge in [0.1, 0.15) is 17.3 Å². The summed E-state index contributed by atoms with van der Waals surface area (Å²) in [5.41, 5.74) is 0.816. The van der Waals surface area contributed by atoms with Gasteiger partial charge in [0, 0.05) is 17.9 Å². The number of alkyl halides is 1. The molecule has 2 rings (SSSR count). The lowest BCUT2D eigenvalue weighted by atomic mass is 10.1. The minimum atomic E-state index is -0.430. The lowest BCUT2D eigenvalue weighted by molar-refractivity contribution is 0.500. The van der Waals surface area contributed by atoms with Gasteiger partial charge in [-0.15, -0.1) is 0 Å². The Morgan fingerprint density at radius 1 is 1.19 bits per heavy atom. The van der Waals surface area contributed by atoms with Gasteiger partial charge in [-0.25, -0.2) is 8.78 Å². The molecule has 0 bridgehead atoms. The van der Waals surface area contributed by atoms with Gasteiger partial charge < -0.3 is 4.90 Å². The average Bonchev–Trinajstić information content (AvgIpc) is 2.94. The Labute approximate surface area is 134 Å². The summed E-state index contributed by atoms with van der Waals surface area (Å²) in [6, 6.07) is 3.18. The quantitative estimate of drug-likeness (QED) is 0.592. The van der Waals surface area contributed by atoms with Gasteiger partial charge in [-0.1, -0.05) is 42.6 Å². The second-order valence-electron chi connectivity index (χ2n) is 6.36. The number of hydrogen-bond acceptors (Lipinski definition) is 1. The predicted molar refractivity (Wildman–Crippen MR) is 88.0 cm³/mol. The standard InChI is InChI=1S/C17H24BrF2N/c1-12(2)7-8-21(14-5-3-4-6-14)17-15(19)9-13(11-18)10-16(17)20/h9-10,12,14H,3-8,11H2,1-2H3. The summed E-state index contributed by atoms with van der Waals surface area (Å²) < 4.78 is 28.8. The zero-order chi connectivity index (χ0) is 15.4. The number of rotatable bonds is 6. The molecule has 118 valence electrons. The van der Waals surface area contributed by atoms with E-state index in [4.69, 9.17) is 0 Å². The van der Waals surface area contributed by atoms with Gasteiger partial charge in [0.25, 0.3) is 0 Å². The molecule has 0 heterocycles. The summed E-state index contributed by atoms with van der Waals surface area (Å²) >= 11 is 3.26. The molecule has 1 aliphatic carbocycles. The Bertz CT molecular complexity index is 447. The zero-order valence-corrected chi connectivity index (χ0v) is 14.4. The number of benzene rings is 1. The number of halogens is 3. The van der Waals surface area contributed by atoms with Crippen molar-refractivity contribution >= 4 is 21.6 Å². The molecule has 0 N–H and O–H groups in total. The minimum Gasteiger partial charge on any atom is -0.364 e. The summed E-state index contributed by atoms with van der Waals surface area (Å²) in [7, 11) is 0. The van der Waals surface area contributed by atoms with Crippen LogP contribution in [-0.4, -0.2) is 12.6 Å². The van der Waals surface area contributed by atoms with E-state index >= 15 is 0 Å². The van der Waals surface area contributed by atoms with E-state index < -0.39 is 11.6 Å². The molecule has 1 saturated carbocycles. The average molecular weight is 360 g/mol. The molecule has 0 atom stereocenters. The van der Waals surface area contributed by atoms with Crippen molar-refractivity contribution < 1.29 is 8.78 Å². The van der Waals surface area contributed by atoms with E-state index in [1.165, 1.54) is 12.1 Å². The van der Waals surface area contributed by atoms with E-state index in [-0.39, 0.29) is 11.7 Å². The third-order valence-electron chi connectivity index (χ3n) is 4.23. The second kappa shape index (κ2) is 7.57. The SMILES string of the molecule is CC(C)CCN(c1c(F)cc(CBr)cc1F)C1CCCC1. The van der Waals surface area contributed by atoms with E-state index in [1.54, 1.807) is 0 Å². The van der Waals surface area contributed by atoms with Crippen molar-refractivity contribution in [1.82, 2.24) is 0 Å².